The van der Waals surface area contributed by atoms with Gasteiger partial charge in [-0.3, -0.25) is 0 Å². The first kappa shape index (κ1) is 12.9. The molecule has 0 unspecified atom stereocenters. The number of hydrogen-bond donors (Lipinski definition) is 1. The Bertz CT molecular complexity index is 771. The number of benzene rings is 1. The van der Waals surface area contributed by atoms with E-state index in [4.69, 9.17) is 11.6 Å². The maximum Gasteiger partial charge on any atom is 0.186 e. The Morgan fingerprint density at radius 1 is 1.25 bits per heavy atom. The van der Waals surface area contributed by atoms with Gasteiger partial charge in [-0.05, 0) is 19.1 Å². The van der Waals surface area contributed by atoms with E-state index in [1.54, 1.807) is 0 Å². The zero-order valence-corrected chi connectivity index (χ0v) is 11.1. The highest BCUT2D eigenvalue weighted by Crippen LogP contribution is 2.26. The molecule has 0 radical (unpaired) electrons. The summed E-state index contributed by atoms with van der Waals surface area (Å²) in [5, 5.41) is 18.5. The highest BCUT2D eigenvalue weighted by atomic mass is 35.5. The lowest BCUT2D eigenvalue weighted by atomic mass is 10.1. The van der Waals surface area contributed by atoms with Gasteiger partial charge in [0, 0.05) is 5.56 Å². The van der Waals surface area contributed by atoms with Gasteiger partial charge in [0.1, 0.15) is 12.1 Å². The molecule has 3 aromatic rings. The van der Waals surface area contributed by atoms with Crippen LogP contribution >= 0.6 is 11.6 Å². The lowest BCUT2D eigenvalue weighted by Gasteiger charge is -2.23. The fraction of sp³-hybridized carbons (Fsp3) is 0.167. The van der Waals surface area contributed by atoms with Crippen molar-refractivity contribution in [1.82, 2.24) is 25.0 Å². The summed E-state index contributed by atoms with van der Waals surface area (Å²) in [5.41, 5.74) is -0.517. The molecule has 8 heteroatoms. The van der Waals surface area contributed by atoms with Gasteiger partial charge in [-0.25, -0.2) is 14.4 Å². The van der Waals surface area contributed by atoms with Crippen molar-refractivity contribution in [3.63, 3.8) is 0 Å². The lowest BCUT2D eigenvalue weighted by Crippen LogP contribution is -2.32. The minimum Gasteiger partial charge on any atom is -0.365 e. The van der Waals surface area contributed by atoms with E-state index >= 15 is 0 Å². The molecule has 0 bridgehead atoms. The first-order chi connectivity index (χ1) is 9.50. The van der Waals surface area contributed by atoms with E-state index in [-0.39, 0.29) is 10.7 Å². The summed E-state index contributed by atoms with van der Waals surface area (Å²) >= 11 is 5.89. The normalized spacial score (nSPS) is 14.4. The van der Waals surface area contributed by atoms with Crippen LogP contribution in [0.2, 0.25) is 5.15 Å². The highest BCUT2D eigenvalue weighted by Gasteiger charge is 2.30. The van der Waals surface area contributed by atoms with Crippen molar-refractivity contribution < 1.29 is 9.50 Å². The molecule has 0 spiro atoms. The van der Waals surface area contributed by atoms with Gasteiger partial charge in [0.05, 0.1) is 0 Å². The molecule has 2 aromatic heterocycles. The molecule has 1 atom stereocenters. The van der Waals surface area contributed by atoms with Gasteiger partial charge in [0.2, 0.25) is 0 Å². The molecule has 2 heterocycles. The summed E-state index contributed by atoms with van der Waals surface area (Å²) in [4.78, 5) is 7.81. The Kier molecular flexibility index (Phi) is 2.88. The maximum absolute atomic E-state index is 13.0. The average molecular weight is 294 g/mol. The minimum atomic E-state index is -1.54. The van der Waals surface area contributed by atoms with Gasteiger partial charge in [-0.2, -0.15) is 4.68 Å². The number of hydrogen-bond acceptors (Lipinski definition) is 5. The average Bonchev–Trinajstić information content (AvgIpc) is 2.85. The summed E-state index contributed by atoms with van der Waals surface area (Å²) < 4.78 is 14.2. The molecule has 0 fully saturated rings. The Morgan fingerprint density at radius 2 is 1.95 bits per heavy atom. The highest BCUT2D eigenvalue weighted by molar-refractivity contribution is 6.33. The van der Waals surface area contributed by atoms with E-state index in [0.717, 1.165) is 0 Å². The number of aromatic nitrogens is 5. The summed E-state index contributed by atoms with van der Waals surface area (Å²) in [7, 11) is 0. The van der Waals surface area contributed by atoms with E-state index in [0.29, 0.717) is 11.2 Å². The molecule has 3 rings (SSSR count). The van der Waals surface area contributed by atoms with E-state index < -0.39 is 11.5 Å². The molecule has 1 N–H and O–H groups in total. The van der Waals surface area contributed by atoms with Crippen LogP contribution < -0.4 is 0 Å². The quantitative estimate of drug-likeness (QED) is 0.728. The van der Waals surface area contributed by atoms with Gasteiger partial charge in [-0.15, -0.1) is 5.10 Å². The van der Waals surface area contributed by atoms with Gasteiger partial charge >= 0.3 is 0 Å². The fourth-order valence-corrected chi connectivity index (χ4v) is 2.07. The van der Waals surface area contributed by atoms with Crippen LogP contribution in [-0.2, 0) is 5.72 Å². The van der Waals surface area contributed by atoms with Crippen LogP contribution in [0.25, 0.3) is 11.2 Å². The molecule has 0 saturated heterocycles. The molecule has 102 valence electrons. The van der Waals surface area contributed by atoms with Crippen LogP contribution in [0.4, 0.5) is 4.39 Å². The number of aliphatic hydroxyl groups is 1. The van der Waals surface area contributed by atoms with Crippen molar-refractivity contribution in [1.29, 1.82) is 0 Å². The predicted octanol–water partition coefficient (Wildman–Crippen LogP) is 1.73. The number of halogens is 2. The molecular weight excluding hydrogens is 285 g/mol. The molecule has 1 aromatic carbocycles. The van der Waals surface area contributed by atoms with Gasteiger partial charge in [-0.1, -0.05) is 28.9 Å². The molecule has 6 nitrogen and oxygen atoms in total. The second kappa shape index (κ2) is 4.46. The summed E-state index contributed by atoms with van der Waals surface area (Å²) in [5.74, 6) is -0.390. The van der Waals surface area contributed by atoms with Crippen molar-refractivity contribution in [3.8, 4) is 0 Å². The molecule has 20 heavy (non-hydrogen) atoms. The smallest absolute Gasteiger partial charge is 0.186 e. The summed E-state index contributed by atoms with van der Waals surface area (Å²) in [6, 6.07) is 5.44. The van der Waals surface area contributed by atoms with Gasteiger partial charge in [0.25, 0.3) is 0 Å². The zero-order chi connectivity index (χ0) is 14.3. The topological polar surface area (TPSA) is 76.7 Å². The van der Waals surface area contributed by atoms with Crippen LogP contribution in [0.3, 0.4) is 0 Å². The first-order valence-electron chi connectivity index (χ1n) is 5.71. The Morgan fingerprint density at radius 3 is 2.65 bits per heavy atom. The van der Waals surface area contributed by atoms with Crippen LogP contribution in [0.1, 0.15) is 12.5 Å². The van der Waals surface area contributed by atoms with Crippen molar-refractivity contribution >= 4 is 22.8 Å². The van der Waals surface area contributed by atoms with Crippen LogP contribution in [-0.4, -0.2) is 30.1 Å². The lowest BCUT2D eigenvalue weighted by molar-refractivity contribution is 0.0149. The third kappa shape index (κ3) is 1.91. The largest absolute Gasteiger partial charge is 0.365 e. The maximum atomic E-state index is 13.0. The summed E-state index contributed by atoms with van der Waals surface area (Å²) in [6.07, 6.45) is 1.26. The summed E-state index contributed by atoms with van der Waals surface area (Å²) in [6.45, 7) is 1.50. The zero-order valence-electron chi connectivity index (χ0n) is 10.3. The van der Waals surface area contributed by atoms with Crippen molar-refractivity contribution in [2.45, 2.75) is 12.6 Å². The predicted molar refractivity (Wildman–Crippen MR) is 69.5 cm³/mol. The molecule has 0 aliphatic carbocycles. The monoisotopic (exact) mass is 293 g/mol. The van der Waals surface area contributed by atoms with E-state index in [1.165, 1.54) is 42.2 Å². The molecular formula is C12H9ClFN5O. The SMILES string of the molecule is C[C@](O)(c1ccc(F)cc1)n1nnc2c(Cl)ncnc21. The molecule has 0 saturated carbocycles. The third-order valence-corrected chi connectivity index (χ3v) is 3.27. The number of nitrogens with zero attached hydrogens (tertiary/aromatic N) is 5. The van der Waals surface area contributed by atoms with Crippen molar-refractivity contribution in [3.05, 3.63) is 47.1 Å². The third-order valence-electron chi connectivity index (χ3n) is 3.00. The number of rotatable bonds is 2. The van der Waals surface area contributed by atoms with Crippen LogP contribution in [0.5, 0.6) is 0 Å². The molecule has 0 aliphatic heterocycles. The molecule has 0 amide bonds. The Balaban J connectivity index is 2.18. The Labute approximate surface area is 117 Å². The van der Waals surface area contributed by atoms with E-state index in [1.807, 2.05) is 0 Å². The first-order valence-corrected chi connectivity index (χ1v) is 6.09. The van der Waals surface area contributed by atoms with Crippen molar-refractivity contribution in [2.24, 2.45) is 0 Å². The van der Waals surface area contributed by atoms with Crippen LogP contribution in [0, 0.1) is 5.82 Å². The van der Waals surface area contributed by atoms with E-state index in [9.17, 15) is 9.50 Å². The minimum absolute atomic E-state index is 0.149. The Hall–Kier alpha value is -2.12. The second-order valence-corrected chi connectivity index (χ2v) is 4.72. The molecule has 0 aliphatic rings. The van der Waals surface area contributed by atoms with Gasteiger partial charge in [0.15, 0.2) is 22.0 Å². The van der Waals surface area contributed by atoms with E-state index in [2.05, 4.69) is 20.3 Å². The van der Waals surface area contributed by atoms with Gasteiger partial charge < -0.3 is 5.11 Å². The second-order valence-electron chi connectivity index (χ2n) is 4.37. The fourth-order valence-electron chi connectivity index (χ4n) is 1.90. The number of fused-ring (bicyclic) bond motifs is 1. The van der Waals surface area contributed by atoms with Crippen LogP contribution in [0.15, 0.2) is 30.6 Å². The van der Waals surface area contributed by atoms with Crippen molar-refractivity contribution in [2.75, 3.05) is 0 Å². The standard InChI is InChI=1S/C12H9ClFN5O/c1-12(20,7-2-4-8(14)5-3-7)19-11-9(17-18-19)10(13)15-6-16-11/h2-6,20H,1H3/t12-/m0/s1.